The fourth-order valence-electron chi connectivity index (χ4n) is 3.55. The molecule has 0 heterocycles. The van der Waals surface area contributed by atoms with Gasteiger partial charge in [0.15, 0.2) is 11.6 Å². The van der Waals surface area contributed by atoms with E-state index in [0.717, 1.165) is 18.9 Å². The second-order valence-electron chi connectivity index (χ2n) is 8.50. The number of halogens is 2. The lowest BCUT2D eigenvalue weighted by molar-refractivity contribution is 0.0734. The van der Waals surface area contributed by atoms with Crippen LogP contribution >= 0.6 is 0 Å². The van der Waals surface area contributed by atoms with Crippen LogP contribution in [0.5, 0.6) is 11.5 Å². The minimum Gasteiger partial charge on any atom is -0.494 e. The molecule has 0 saturated heterocycles. The molecule has 0 atom stereocenters. The van der Waals surface area contributed by atoms with Crippen LogP contribution in [0.15, 0.2) is 77.0 Å². The molecule has 0 aliphatic rings. The normalized spacial score (nSPS) is 11.1. The molecule has 0 aliphatic carbocycles. The molecule has 0 radical (unpaired) electrons. The third kappa shape index (κ3) is 8.87. The summed E-state index contributed by atoms with van der Waals surface area (Å²) in [6, 6.07) is 16.2. The monoisotopic (exact) mass is 494 g/mol. The number of rotatable bonds is 14. The number of unbranched alkanes of at least 4 members (excludes halogenated alkanes) is 7. The van der Waals surface area contributed by atoms with Crippen molar-refractivity contribution in [3.63, 3.8) is 0 Å². The molecule has 0 bridgehead atoms. The van der Waals surface area contributed by atoms with Gasteiger partial charge < -0.3 is 9.47 Å². The van der Waals surface area contributed by atoms with Crippen molar-refractivity contribution in [1.29, 1.82) is 0 Å². The van der Waals surface area contributed by atoms with E-state index >= 15 is 0 Å². The third-order valence-electron chi connectivity index (χ3n) is 5.60. The first kappa shape index (κ1) is 27.0. The second-order valence-corrected chi connectivity index (χ2v) is 8.50. The van der Waals surface area contributed by atoms with Gasteiger partial charge in [0, 0.05) is 6.07 Å². The SMILES string of the molecule is CCCCCCCCCCOc1ccc(C(=O)Oc2ccc(N=Nc3ccccc3F)c(F)c2)cc1. The highest BCUT2D eigenvalue weighted by atomic mass is 19.1. The molecule has 0 fully saturated rings. The molecular weight excluding hydrogens is 462 g/mol. The van der Waals surface area contributed by atoms with Crippen molar-refractivity contribution in [2.24, 2.45) is 10.2 Å². The lowest BCUT2D eigenvalue weighted by Gasteiger charge is -2.08. The quantitative estimate of drug-likeness (QED) is 0.0971. The van der Waals surface area contributed by atoms with E-state index in [9.17, 15) is 13.6 Å². The maximum atomic E-state index is 14.4. The second kappa shape index (κ2) is 14.7. The summed E-state index contributed by atoms with van der Waals surface area (Å²) >= 11 is 0. The molecule has 0 saturated carbocycles. The van der Waals surface area contributed by atoms with Crippen LogP contribution in [0.3, 0.4) is 0 Å². The zero-order valence-corrected chi connectivity index (χ0v) is 20.6. The van der Waals surface area contributed by atoms with Crippen molar-refractivity contribution in [2.75, 3.05) is 6.61 Å². The average molecular weight is 495 g/mol. The maximum Gasteiger partial charge on any atom is 0.343 e. The predicted molar refractivity (Wildman–Crippen MR) is 136 cm³/mol. The van der Waals surface area contributed by atoms with Crippen molar-refractivity contribution in [1.82, 2.24) is 0 Å². The van der Waals surface area contributed by atoms with Crippen molar-refractivity contribution in [2.45, 2.75) is 58.3 Å². The molecule has 0 spiro atoms. The van der Waals surface area contributed by atoms with E-state index in [-0.39, 0.29) is 17.1 Å². The first-order valence-electron chi connectivity index (χ1n) is 12.5. The highest BCUT2D eigenvalue weighted by molar-refractivity contribution is 5.91. The minimum atomic E-state index is -0.745. The van der Waals surface area contributed by atoms with Crippen molar-refractivity contribution in [3.8, 4) is 11.5 Å². The van der Waals surface area contributed by atoms with E-state index in [2.05, 4.69) is 17.2 Å². The summed E-state index contributed by atoms with van der Waals surface area (Å²) in [5.41, 5.74) is 0.215. The van der Waals surface area contributed by atoms with Crippen LogP contribution in [0.25, 0.3) is 0 Å². The van der Waals surface area contributed by atoms with E-state index in [0.29, 0.717) is 17.9 Å². The number of hydrogen-bond acceptors (Lipinski definition) is 5. The first-order valence-corrected chi connectivity index (χ1v) is 12.5. The van der Waals surface area contributed by atoms with Gasteiger partial charge >= 0.3 is 5.97 Å². The molecular formula is C29H32F2N2O3. The summed E-state index contributed by atoms with van der Waals surface area (Å²) in [7, 11) is 0. The summed E-state index contributed by atoms with van der Waals surface area (Å²) in [5.74, 6) is -1.21. The van der Waals surface area contributed by atoms with Gasteiger partial charge in [-0.15, -0.1) is 10.2 Å². The van der Waals surface area contributed by atoms with Gasteiger partial charge in [0.05, 0.1) is 12.2 Å². The van der Waals surface area contributed by atoms with Crippen LogP contribution in [0.4, 0.5) is 20.2 Å². The van der Waals surface area contributed by atoms with Crippen LogP contribution in [0.2, 0.25) is 0 Å². The van der Waals surface area contributed by atoms with E-state index in [1.165, 1.54) is 68.9 Å². The Hall–Kier alpha value is -3.61. The lowest BCUT2D eigenvalue weighted by Crippen LogP contribution is -2.08. The van der Waals surface area contributed by atoms with Gasteiger partial charge in [-0.3, -0.25) is 0 Å². The van der Waals surface area contributed by atoms with Crippen molar-refractivity contribution in [3.05, 3.63) is 83.9 Å². The summed E-state index contributed by atoms with van der Waals surface area (Å²) in [5, 5.41) is 7.46. The molecule has 3 aromatic rings. The molecule has 0 aliphatic heterocycles. The summed E-state index contributed by atoms with van der Waals surface area (Å²) in [6.45, 7) is 2.86. The highest BCUT2D eigenvalue weighted by Gasteiger charge is 2.11. The van der Waals surface area contributed by atoms with E-state index < -0.39 is 17.6 Å². The number of nitrogens with zero attached hydrogens (tertiary/aromatic N) is 2. The van der Waals surface area contributed by atoms with Gasteiger partial charge in [-0.05, 0) is 55.0 Å². The summed E-state index contributed by atoms with van der Waals surface area (Å²) < 4.78 is 39.0. The number of carbonyl (C=O) groups is 1. The first-order chi connectivity index (χ1) is 17.6. The van der Waals surface area contributed by atoms with Crippen molar-refractivity contribution >= 4 is 17.3 Å². The fourth-order valence-corrected chi connectivity index (χ4v) is 3.55. The highest BCUT2D eigenvalue weighted by Crippen LogP contribution is 2.27. The molecule has 0 N–H and O–H groups in total. The Balaban J connectivity index is 1.44. The Morgan fingerprint density at radius 2 is 1.33 bits per heavy atom. The fraction of sp³-hybridized carbons (Fsp3) is 0.345. The molecule has 0 unspecified atom stereocenters. The van der Waals surface area contributed by atoms with Crippen LogP contribution in [0.1, 0.15) is 68.6 Å². The lowest BCUT2D eigenvalue weighted by atomic mass is 10.1. The Morgan fingerprint density at radius 1 is 0.722 bits per heavy atom. The van der Waals surface area contributed by atoms with Crippen LogP contribution < -0.4 is 9.47 Å². The van der Waals surface area contributed by atoms with Gasteiger partial charge in [0.1, 0.15) is 22.9 Å². The van der Waals surface area contributed by atoms with Gasteiger partial charge in [-0.1, -0.05) is 64.0 Å². The topological polar surface area (TPSA) is 60.2 Å². The number of hydrogen-bond donors (Lipinski definition) is 0. The van der Waals surface area contributed by atoms with E-state index in [4.69, 9.17) is 9.47 Å². The van der Waals surface area contributed by atoms with Gasteiger partial charge in [-0.25, -0.2) is 13.6 Å². The molecule has 36 heavy (non-hydrogen) atoms. The van der Waals surface area contributed by atoms with Gasteiger partial charge in [0.25, 0.3) is 0 Å². The molecule has 0 aromatic heterocycles. The van der Waals surface area contributed by atoms with Crippen LogP contribution in [0, 0.1) is 11.6 Å². The summed E-state index contributed by atoms with van der Waals surface area (Å²) in [6.07, 6.45) is 9.88. The number of benzene rings is 3. The molecule has 190 valence electrons. The number of esters is 1. The largest absolute Gasteiger partial charge is 0.494 e. The Labute approximate surface area is 211 Å². The Morgan fingerprint density at radius 3 is 2.00 bits per heavy atom. The van der Waals surface area contributed by atoms with E-state index in [1.807, 2.05) is 0 Å². The minimum absolute atomic E-state index is 0.00219. The Kier molecular flexibility index (Phi) is 11.0. The van der Waals surface area contributed by atoms with Crippen molar-refractivity contribution < 1.29 is 23.0 Å². The standard InChI is InChI=1S/C29H32F2N2O3/c1-2-3-4-5-6-7-8-11-20-35-23-16-14-22(15-17-23)29(34)36-24-18-19-28(26(31)21-24)33-32-27-13-10-9-12-25(27)30/h9-10,12-19,21H,2-8,11,20H2,1H3. The molecule has 3 rings (SSSR count). The zero-order valence-electron chi connectivity index (χ0n) is 20.6. The smallest absolute Gasteiger partial charge is 0.343 e. The van der Waals surface area contributed by atoms with Crippen LogP contribution in [-0.4, -0.2) is 12.6 Å². The van der Waals surface area contributed by atoms with Crippen LogP contribution in [-0.2, 0) is 0 Å². The molecule has 5 nitrogen and oxygen atoms in total. The number of azo groups is 1. The molecule has 0 amide bonds. The van der Waals surface area contributed by atoms with Gasteiger partial charge in [0.2, 0.25) is 0 Å². The third-order valence-corrected chi connectivity index (χ3v) is 5.60. The molecule has 3 aromatic carbocycles. The summed E-state index contributed by atoms with van der Waals surface area (Å²) in [4.78, 5) is 12.4. The molecule has 7 heteroatoms. The number of carbonyl (C=O) groups excluding carboxylic acids is 1. The predicted octanol–water partition coefficient (Wildman–Crippen LogP) is 9.12. The maximum absolute atomic E-state index is 14.4. The van der Waals surface area contributed by atoms with Gasteiger partial charge in [-0.2, -0.15) is 0 Å². The zero-order chi connectivity index (χ0) is 25.6. The average Bonchev–Trinajstić information content (AvgIpc) is 2.88. The van der Waals surface area contributed by atoms with E-state index in [1.54, 1.807) is 30.3 Å². The number of ether oxygens (including phenoxy) is 2. The Bertz CT molecular complexity index is 1130.